The molecule has 0 saturated carbocycles. The zero-order valence-corrected chi connectivity index (χ0v) is 13.2. The first kappa shape index (κ1) is 17.0. The Morgan fingerprint density at radius 3 is 2.45 bits per heavy atom. The van der Waals surface area contributed by atoms with Gasteiger partial charge in [0, 0.05) is 6.21 Å². The van der Waals surface area contributed by atoms with Crippen LogP contribution in [0.5, 0.6) is 0 Å². The number of nitrogens with one attached hydrogen (secondary N) is 1. The number of hydrogen-bond acceptors (Lipinski definition) is 4. The van der Waals surface area contributed by atoms with Crippen LogP contribution in [0.3, 0.4) is 0 Å². The number of nitrogens with zero attached hydrogens (tertiary/aromatic N) is 2. The molecule has 5 nitrogen and oxygen atoms in total. The second-order valence-electron chi connectivity index (χ2n) is 4.03. The minimum absolute atomic E-state index is 0.0309. The lowest BCUT2D eigenvalue weighted by molar-refractivity contribution is 0.0691. The highest BCUT2D eigenvalue weighted by Gasteiger charge is 2.20. The minimum Gasteiger partial charge on any atom is -0.476 e. The Balaban J connectivity index is 3.08. The second kappa shape index (κ2) is 7.67. The summed E-state index contributed by atoms with van der Waals surface area (Å²) in [6.07, 6.45) is 3.61. The van der Waals surface area contributed by atoms with Gasteiger partial charge in [-0.25, -0.2) is 9.78 Å². The third-order valence-corrected chi connectivity index (χ3v) is 3.86. The normalized spacial score (nSPS) is 11.3. The zero-order chi connectivity index (χ0) is 15.3. The van der Waals surface area contributed by atoms with Crippen LogP contribution in [0.4, 0.5) is 5.69 Å². The Morgan fingerprint density at radius 1 is 1.35 bits per heavy atom. The highest BCUT2D eigenvalue weighted by atomic mass is 35.5. The summed E-state index contributed by atoms with van der Waals surface area (Å²) in [5.74, 6) is -0.975. The van der Waals surface area contributed by atoms with Crippen molar-refractivity contribution in [3.63, 3.8) is 0 Å². The molecule has 0 amide bonds. The molecular weight excluding hydrogens is 325 g/mol. The molecule has 8 heteroatoms. The third kappa shape index (κ3) is 3.98. The van der Waals surface area contributed by atoms with Crippen molar-refractivity contribution >= 4 is 52.7 Å². The Morgan fingerprint density at radius 2 is 1.95 bits per heavy atom. The number of pyridine rings is 1. The molecule has 0 fully saturated rings. The molecule has 0 bridgehead atoms. The number of carboxylic acids is 1. The summed E-state index contributed by atoms with van der Waals surface area (Å²) in [5.41, 5.74) is 2.39. The smallest absolute Gasteiger partial charge is 0.356 e. The first-order valence-electron chi connectivity index (χ1n) is 5.99. The maximum atomic E-state index is 11.0. The van der Waals surface area contributed by atoms with Crippen LogP contribution in [0, 0.1) is 5.92 Å². The first-order valence-corrected chi connectivity index (χ1v) is 7.12. The molecule has 1 aromatic heterocycles. The summed E-state index contributed by atoms with van der Waals surface area (Å²) in [7, 11) is 0. The molecule has 0 aliphatic heterocycles. The summed E-state index contributed by atoms with van der Waals surface area (Å²) >= 11 is 17.7. The highest BCUT2D eigenvalue weighted by Crippen LogP contribution is 2.36. The van der Waals surface area contributed by atoms with Crippen LogP contribution in [0.25, 0.3) is 0 Å². The van der Waals surface area contributed by atoms with Crippen molar-refractivity contribution in [2.45, 2.75) is 26.7 Å². The van der Waals surface area contributed by atoms with E-state index in [4.69, 9.17) is 39.9 Å². The largest absolute Gasteiger partial charge is 0.476 e. The molecule has 1 heterocycles. The molecule has 110 valence electrons. The maximum absolute atomic E-state index is 11.0. The number of aromatic carboxylic acids is 1. The Hall–Kier alpha value is -1.04. The summed E-state index contributed by atoms with van der Waals surface area (Å²) in [4.78, 5) is 14.6. The Bertz CT molecular complexity index is 531. The molecule has 0 atom stereocenters. The van der Waals surface area contributed by atoms with E-state index in [0.29, 0.717) is 5.92 Å². The lowest BCUT2D eigenvalue weighted by Crippen LogP contribution is -2.06. The van der Waals surface area contributed by atoms with Gasteiger partial charge in [-0.2, -0.15) is 5.10 Å². The van der Waals surface area contributed by atoms with Gasteiger partial charge in [-0.1, -0.05) is 48.7 Å². The van der Waals surface area contributed by atoms with Crippen molar-refractivity contribution in [3.05, 3.63) is 20.9 Å². The van der Waals surface area contributed by atoms with E-state index in [1.165, 1.54) is 0 Å². The number of hydrogen-bond donors (Lipinski definition) is 2. The summed E-state index contributed by atoms with van der Waals surface area (Å²) < 4.78 is 0. The van der Waals surface area contributed by atoms with Gasteiger partial charge in [0.1, 0.15) is 10.0 Å². The monoisotopic (exact) mass is 337 g/mol. The molecular formula is C12H14Cl3N3O2. The molecule has 1 rings (SSSR count). The van der Waals surface area contributed by atoms with Crippen LogP contribution in [0.2, 0.25) is 15.2 Å². The van der Waals surface area contributed by atoms with Gasteiger partial charge < -0.3 is 5.11 Å². The van der Waals surface area contributed by atoms with E-state index in [1.807, 2.05) is 13.8 Å². The molecule has 0 aliphatic carbocycles. The second-order valence-corrected chi connectivity index (χ2v) is 5.14. The predicted molar refractivity (Wildman–Crippen MR) is 82.4 cm³/mol. The van der Waals surface area contributed by atoms with Crippen LogP contribution in [-0.4, -0.2) is 22.3 Å². The van der Waals surface area contributed by atoms with Crippen LogP contribution >= 0.6 is 34.8 Å². The van der Waals surface area contributed by atoms with Crippen LogP contribution in [-0.2, 0) is 0 Å². The van der Waals surface area contributed by atoms with Crippen molar-refractivity contribution in [3.8, 4) is 0 Å². The molecule has 2 N–H and O–H groups in total. The van der Waals surface area contributed by atoms with Crippen molar-refractivity contribution in [1.82, 2.24) is 4.98 Å². The van der Waals surface area contributed by atoms with E-state index < -0.39 is 5.97 Å². The van der Waals surface area contributed by atoms with Crippen LogP contribution in [0.1, 0.15) is 37.2 Å². The predicted octanol–water partition coefficient (Wildman–Crippen LogP) is 4.57. The molecule has 0 aromatic carbocycles. The van der Waals surface area contributed by atoms with E-state index in [1.54, 1.807) is 6.21 Å². The first-order chi connectivity index (χ1) is 9.42. The van der Waals surface area contributed by atoms with Crippen LogP contribution < -0.4 is 5.43 Å². The fourth-order valence-electron chi connectivity index (χ4n) is 1.46. The molecule has 0 spiro atoms. The fraction of sp³-hybridized carbons (Fsp3) is 0.417. The van der Waals surface area contributed by atoms with E-state index in [-0.39, 0.29) is 26.6 Å². The van der Waals surface area contributed by atoms with Gasteiger partial charge in [-0.3, -0.25) is 5.43 Å². The Kier molecular flexibility index (Phi) is 6.52. The van der Waals surface area contributed by atoms with E-state index >= 15 is 0 Å². The fourth-order valence-corrected chi connectivity index (χ4v) is 2.13. The van der Waals surface area contributed by atoms with E-state index in [0.717, 1.165) is 12.8 Å². The summed E-state index contributed by atoms with van der Waals surface area (Å²) in [6, 6.07) is 0. The van der Waals surface area contributed by atoms with E-state index in [9.17, 15) is 4.79 Å². The van der Waals surface area contributed by atoms with Crippen molar-refractivity contribution in [2.75, 3.05) is 5.43 Å². The molecule has 20 heavy (non-hydrogen) atoms. The lowest BCUT2D eigenvalue weighted by atomic mass is 10.1. The Labute approximate surface area is 131 Å². The summed E-state index contributed by atoms with van der Waals surface area (Å²) in [6.45, 7) is 4.10. The van der Waals surface area contributed by atoms with Crippen LogP contribution in [0.15, 0.2) is 5.10 Å². The molecule has 0 aliphatic rings. The molecule has 0 unspecified atom stereocenters. The van der Waals surface area contributed by atoms with Crippen molar-refractivity contribution in [2.24, 2.45) is 11.0 Å². The molecule has 0 radical (unpaired) electrons. The third-order valence-electron chi connectivity index (χ3n) is 2.75. The van der Waals surface area contributed by atoms with Gasteiger partial charge in [0.15, 0.2) is 10.8 Å². The standard InChI is InChI=1S/C12H14Cl3N3O2/c1-3-6(4-2)5-16-18-9-7(13)10(12(19)20)17-11(15)8(9)14/h5-6H,3-4H2,1-2H3,(H,17,18)(H,19,20)/b16-5-. The number of anilines is 1. The van der Waals surface area contributed by atoms with Gasteiger partial charge in [0.25, 0.3) is 0 Å². The number of halogens is 3. The average molecular weight is 339 g/mol. The molecule has 0 saturated heterocycles. The maximum Gasteiger partial charge on any atom is 0.356 e. The van der Waals surface area contributed by atoms with Gasteiger partial charge in [0.2, 0.25) is 0 Å². The van der Waals surface area contributed by atoms with Crippen molar-refractivity contribution in [1.29, 1.82) is 0 Å². The van der Waals surface area contributed by atoms with Gasteiger partial charge in [0.05, 0.1) is 5.69 Å². The SMILES string of the molecule is CCC(/C=N\Nc1c(Cl)c(Cl)nc(C(=O)O)c1Cl)CC. The topological polar surface area (TPSA) is 74.6 Å². The number of aromatic nitrogens is 1. The summed E-state index contributed by atoms with van der Waals surface area (Å²) in [5, 5.41) is 12.8. The van der Waals surface area contributed by atoms with Gasteiger partial charge >= 0.3 is 5.97 Å². The number of carboxylic acid groups (broad SMARTS) is 1. The minimum atomic E-state index is -1.29. The lowest BCUT2D eigenvalue weighted by Gasteiger charge is -2.10. The highest BCUT2D eigenvalue weighted by molar-refractivity contribution is 6.46. The number of rotatable bonds is 6. The number of carbonyl (C=O) groups is 1. The van der Waals surface area contributed by atoms with E-state index in [2.05, 4.69) is 15.5 Å². The average Bonchev–Trinajstić information content (AvgIpc) is 2.42. The zero-order valence-electron chi connectivity index (χ0n) is 11.0. The van der Waals surface area contributed by atoms with Gasteiger partial charge in [-0.05, 0) is 18.8 Å². The molecule has 1 aromatic rings. The van der Waals surface area contributed by atoms with Gasteiger partial charge in [-0.15, -0.1) is 0 Å². The quantitative estimate of drug-likeness (QED) is 0.452. The van der Waals surface area contributed by atoms with Crippen molar-refractivity contribution < 1.29 is 9.90 Å². The number of hydrazone groups is 1.